The first-order valence-corrected chi connectivity index (χ1v) is 14.7. The Morgan fingerprint density at radius 2 is 2.10 bits per heavy atom. The Kier molecular flexibility index (Phi) is 7.78. The lowest BCUT2D eigenvalue weighted by atomic mass is 10.0. The molecule has 0 saturated carbocycles. The molecule has 5 heterocycles. The number of aromatic nitrogens is 3. The van der Waals surface area contributed by atoms with Crippen LogP contribution >= 0.6 is 11.3 Å². The van der Waals surface area contributed by atoms with Gasteiger partial charge in [-0.2, -0.15) is 0 Å². The van der Waals surface area contributed by atoms with Gasteiger partial charge in [-0.25, -0.2) is 14.4 Å². The Balaban J connectivity index is 1.13. The van der Waals surface area contributed by atoms with Gasteiger partial charge in [0.15, 0.2) is 12.1 Å². The topological polar surface area (TPSA) is 69.5 Å². The van der Waals surface area contributed by atoms with Gasteiger partial charge in [-0.05, 0) is 66.6 Å². The van der Waals surface area contributed by atoms with Crippen LogP contribution in [0.25, 0.3) is 15.9 Å². The third-order valence-corrected chi connectivity index (χ3v) is 8.77. The SMILES string of the molecule is CCc1ccc(COc2nc(C3=CCN(Cc4nc5sc(C=O)cc5n4C[C@@H]4CCO4)CC3)ccc2F)c(C)c1. The van der Waals surface area contributed by atoms with Crippen LogP contribution in [0.2, 0.25) is 0 Å². The maximum Gasteiger partial charge on any atom is 0.251 e. The van der Waals surface area contributed by atoms with E-state index in [9.17, 15) is 9.18 Å². The number of carbonyl (C=O) groups excluding carboxylic acids is 1. The fourth-order valence-electron chi connectivity index (χ4n) is 5.27. The predicted octanol–water partition coefficient (Wildman–Crippen LogP) is 5.97. The van der Waals surface area contributed by atoms with E-state index >= 15 is 0 Å². The lowest BCUT2D eigenvalue weighted by Gasteiger charge is -2.29. The highest BCUT2D eigenvalue weighted by Crippen LogP contribution is 2.30. The van der Waals surface area contributed by atoms with Crippen molar-refractivity contribution < 1.29 is 18.7 Å². The van der Waals surface area contributed by atoms with Crippen LogP contribution in [0.1, 0.15) is 57.6 Å². The molecule has 4 aromatic rings. The zero-order valence-electron chi connectivity index (χ0n) is 22.9. The van der Waals surface area contributed by atoms with Crippen molar-refractivity contribution in [3.05, 3.63) is 81.4 Å². The summed E-state index contributed by atoms with van der Waals surface area (Å²) in [5.41, 5.74) is 6.28. The van der Waals surface area contributed by atoms with Crippen molar-refractivity contribution in [3.63, 3.8) is 0 Å². The number of pyridine rings is 1. The number of thiophene rings is 1. The number of benzene rings is 1. The molecule has 0 spiro atoms. The summed E-state index contributed by atoms with van der Waals surface area (Å²) in [6.07, 6.45) is 6.07. The molecule has 40 heavy (non-hydrogen) atoms. The van der Waals surface area contributed by atoms with Crippen LogP contribution in [-0.4, -0.2) is 51.5 Å². The van der Waals surface area contributed by atoms with Gasteiger partial charge in [0.25, 0.3) is 5.88 Å². The molecule has 0 bridgehead atoms. The van der Waals surface area contributed by atoms with E-state index < -0.39 is 5.82 Å². The van der Waals surface area contributed by atoms with E-state index in [0.29, 0.717) is 11.4 Å². The monoisotopic (exact) mass is 560 g/mol. The number of carbonyl (C=O) groups is 1. The molecule has 9 heteroatoms. The van der Waals surface area contributed by atoms with Gasteiger partial charge < -0.3 is 14.0 Å². The molecule has 2 aliphatic heterocycles. The highest BCUT2D eigenvalue weighted by Gasteiger charge is 2.24. The number of rotatable bonds is 10. The molecule has 0 aliphatic carbocycles. The van der Waals surface area contributed by atoms with Gasteiger partial charge in [0, 0.05) is 19.7 Å². The number of imidazole rings is 1. The van der Waals surface area contributed by atoms with Crippen LogP contribution in [0.3, 0.4) is 0 Å². The second kappa shape index (κ2) is 11.6. The van der Waals surface area contributed by atoms with Gasteiger partial charge in [-0.3, -0.25) is 9.69 Å². The molecule has 0 unspecified atom stereocenters. The van der Waals surface area contributed by atoms with Crippen molar-refractivity contribution in [1.29, 1.82) is 0 Å². The average molecular weight is 561 g/mol. The van der Waals surface area contributed by atoms with Crippen molar-refractivity contribution in [2.45, 2.75) is 58.9 Å². The number of halogens is 1. The van der Waals surface area contributed by atoms with Gasteiger partial charge in [-0.1, -0.05) is 31.2 Å². The number of aryl methyl sites for hydroxylation is 2. The van der Waals surface area contributed by atoms with Gasteiger partial charge in [0.05, 0.1) is 35.3 Å². The molecule has 0 N–H and O–H groups in total. The van der Waals surface area contributed by atoms with Gasteiger partial charge in [-0.15, -0.1) is 11.3 Å². The fraction of sp³-hybridized carbons (Fsp3) is 0.387. The van der Waals surface area contributed by atoms with E-state index in [1.54, 1.807) is 6.07 Å². The minimum atomic E-state index is -0.454. The van der Waals surface area contributed by atoms with Gasteiger partial charge in [0.2, 0.25) is 0 Å². The number of ether oxygens (including phenoxy) is 2. The number of hydrogen-bond acceptors (Lipinski definition) is 7. The maximum atomic E-state index is 14.6. The molecule has 3 aromatic heterocycles. The molecule has 7 nitrogen and oxygen atoms in total. The molecule has 1 aromatic carbocycles. The predicted molar refractivity (Wildman–Crippen MR) is 154 cm³/mol. The first-order chi connectivity index (χ1) is 19.5. The second-order valence-electron chi connectivity index (χ2n) is 10.5. The van der Waals surface area contributed by atoms with E-state index in [1.165, 1.54) is 23.0 Å². The number of hydrogen-bond donors (Lipinski definition) is 0. The van der Waals surface area contributed by atoms with E-state index in [2.05, 4.69) is 46.5 Å². The standard InChI is InChI=1S/C31H33FN4O3S/c1-3-21-4-5-23(20(2)14-21)19-39-30-26(32)6-7-27(33-30)22-8-11-35(12-9-22)17-29-34-31-28(15-25(18-37)40-31)36(29)16-24-10-13-38-24/h4-8,14-15,18,24H,3,9-13,16-17,19H2,1-2H3/t24-/m0/s1. The molecular weight excluding hydrogens is 527 g/mol. The number of fused-ring (bicyclic) bond motifs is 1. The highest BCUT2D eigenvalue weighted by atomic mass is 32.1. The van der Waals surface area contributed by atoms with Crippen molar-refractivity contribution >= 4 is 33.5 Å². The molecule has 2 aliphatic rings. The first kappa shape index (κ1) is 26.8. The third kappa shape index (κ3) is 5.59. The molecular formula is C31H33FN4O3S. The first-order valence-electron chi connectivity index (χ1n) is 13.9. The van der Waals surface area contributed by atoms with Crippen molar-refractivity contribution in [1.82, 2.24) is 19.4 Å². The quantitative estimate of drug-likeness (QED) is 0.223. The van der Waals surface area contributed by atoms with Crippen LogP contribution in [0.4, 0.5) is 4.39 Å². The Labute approximate surface area is 237 Å². The van der Waals surface area contributed by atoms with Crippen LogP contribution in [0.15, 0.2) is 42.5 Å². The Hall–Kier alpha value is -3.40. The van der Waals surface area contributed by atoms with E-state index in [0.717, 1.165) is 90.4 Å². The van der Waals surface area contributed by atoms with Crippen molar-refractivity contribution in [2.75, 3.05) is 19.7 Å². The van der Waals surface area contributed by atoms with E-state index in [-0.39, 0.29) is 18.6 Å². The molecule has 1 fully saturated rings. The summed E-state index contributed by atoms with van der Waals surface area (Å²) in [5.74, 6) is 0.573. The van der Waals surface area contributed by atoms with Crippen LogP contribution < -0.4 is 4.74 Å². The minimum absolute atomic E-state index is 0.0369. The number of aldehydes is 1. The van der Waals surface area contributed by atoms with Crippen LogP contribution in [0.5, 0.6) is 5.88 Å². The summed E-state index contributed by atoms with van der Waals surface area (Å²) in [6, 6.07) is 11.4. The second-order valence-corrected chi connectivity index (χ2v) is 11.5. The Morgan fingerprint density at radius 3 is 2.80 bits per heavy atom. The fourth-order valence-corrected chi connectivity index (χ4v) is 6.14. The third-order valence-electron chi connectivity index (χ3n) is 7.82. The summed E-state index contributed by atoms with van der Waals surface area (Å²) < 4.78 is 28.3. The lowest BCUT2D eigenvalue weighted by Crippen LogP contribution is -2.33. The zero-order valence-corrected chi connectivity index (χ0v) is 23.7. The Morgan fingerprint density at radius 1 is 1.23 bits per heavy atom. The molecule has 1 atom stereocenters. The zero-order chi connectivity index (χ0) is 27.6. The summed E-state index contributed by atoms with van der Waals surface area (Å²) in [7, 11) is 0. The average Bonchev–Trinajstić information content (AvgIpc) is 3.48. The van der Waals surface area contributed by atoms with Gasteiger partial charge >= 0.3 is 0 Å². The summed E-state index contributed by atoms with van der Waals surface area (Å²) in [6.45, 7) is 8.29. The van der Waals surface area contributed by atoms with Crippen LogP contribution in [0, 0.1) is 12.7 Å². The van der Waals surface area contributed by atoms with Crippen molar-refractivity contribution in [2.24, 2.45) is 0 Å². The number of nitrogens with zero attached hydrogens (tertiary/aromatic N) is 4. The summed E-state index contributed by atoms with van der Waals surface area (Å²) in [5, 5.41) is 0. The van der Waals surface area contributed by atoms with Gasteiger partial charge in [0.1, 0.15) is 17.3 Å². The lowest BCUT2D eigenvalue weighted by molar-refractivity contribution is -0.0591. The van der Waals surface area contributed by atoms with Crippen molar-refractivity contribution in [3.8, 4) is 5.88 Å². The Bertz CT molecular complexity index is 1570. The van der Waals surface area contributed by atoms with E-state index in [4.69, 9.17) is 14.5 Å². The molecule has 1 saturated heterocycles. The maximum absolute atomic E-state index is 14.6. The largest absolute Gasteiger partial charge is 0.471 e. The summed E-state index contributed by atoms with van der Waals surface area (Å²) in [4.78, 5) is 24.7. The molecule has 208 valence electrons. The smallest absolute Gasteiger partial charge is 0.251 e. The highest BCUT2D eigenvalue weighted by molar-refractivity contribution is 7.20. The molecule has 6 rings (SSSR count). The molecule has 0 radical (unpaired) electrons. The van der Waals surface area contributed by atoms with E-state index in [1.807, 2.05) is 12.1 Å². The summed E-state index contributed by atoms with van der Waals surface area (Å²) >= 11 is 1.43. The minimum Gasteiger partial charge on any atom is -0.471 e. The normalized spacial score (nSPS) is 17.6. The molecule has 0 amide bonds. The van der Waals surface area contributed by atoms with Crippen LogP contribution in [-0.2, 0) is 30.9 Å².